The quantitative estimate of drug-likeness (QED) is 0.285. The van der Waals surface area contributed by atoms with Crippen molar-refractivity contribution in [3.63, 3.8) is 0 Å². The third-order valence-electron chi connectivity index (χ3n) is 0.264. The lowest BCUT2D eigenvalue weighted by molar-refractivity contribution is -0.469. The third kappa shape index (κ3) is 50.5. The molecule has 0 unspecified atom stereocenters. The summed E-state index contributed by atoms with van der Waals surface area (Å²) >= 11 is 0. The Labute approximate surface area is 61.2 Å². The van der Waals surface area contributed by atoms with Gasteiger partial charge in [0.25, 0.3) is 6.54 Å². The van der Waals surface area contributed by atoms with E-state index in [2.05, 4.69) is 0 Å². The van der Waals surface area contributed by atoms with E-state index in [9.17, 15) is 14.9 Å². The van der Waals surface area contributed by atoms with Crippen molar-refractivity contribution in [2.45, 2.75) is 0 Å². The largest absolute Gasteiger partial charge is 0.692 e. The lowest BCUT2D eigenvalue weighted by atomic mass is 10.7. The van der Waals surface area contributed by atoms with Gasteiger partial charge in [0, 0.05) is 9.49 Å². The van der Waals surface area contributed by atoms with E-state index in [1.807, 2.05) is 0 Å². The molecule has 11 heavy (non-hydrogen) atoms. The Morgan fingerprint density at radius 3 is 1.82 bits per heavy atom. The summed E-state index contributed by atoms with van der Waals surface area (Å²) in [4.78, 5) is 31.9. The lowest BCUT2D eigenvalue weighted by Gasteiger charge is -1.79. The minimum atomic E-state index is -2.87. The van der Waals surface area contributed by atoms with Gasteiger partial charge in [0.2, 0.25) is 0 Å². The molecule has 0 aliphatic rings. The van der Waals surface area contributed by atoms with Crippen molar-refractivity contribution in [1.29, 1.82) is 0 Å². The first kappa shape index (κ1) is 12.6. The lowest BCUT2D eigenvalue weighted by Crippen LogP contribution is -2.11. The molecule has 0 spiro atoms. The Morgan fingerprint density at radius 2 is 1.82 bits per heavy atom. The maximum atomic E-state index is 9.37. The molecule has 0 saturated carbocycles. The predicted octanol–water partition coefficient (Wildman–Crippen LogP) is -1.02. The van der Waals surface area contributed by atoms with Crippen molar-refractivity contribution in [3.8, 4) is 0 Å². The van der Waals surface area contributed by atoms with Crippen LogP contribution in [-0.4, -0.2) is 32.3 Å². The first-order valence-corrected chi connectivity index (χ1v) is 3.21. The number of nitro groups is 1. The molecule has 0 fully saturated rings. The van der Waals surface area contributed by atoms with Gasteiger partial charge in [-0.1, -0.05) is 0 Å². The van der Waals surface area contributed by atoms with Crippen LogP contribution >= 0.6 is 8.25 Å². The fourth-order valence-electron chi connectivity index (χ4n) is 0.110. The molecule has 0 aliphatic heterocycles. The molecular formula is C2H5NO7P+. The van der Waals surface area contributed by atoms with Crippen molar-refractivity contribution < 1.29 is 29.2 Å². The van der Waals surface area contributed by atoms with E-state index >= 15 is 0 Å². The number of carboxylic acids is 1. The van der Waals surface area contributed by atoms with Crippen LogP contribution in [0.5, 0.6) is 0 Å². The average molecular weight is 186 g/mol. The highest BCUT2D eigenvalue weighted by Crippen LogP contribution is 1.98. The first-order valence-electron chi connectivity index (χ1n) is 2.05. The number of nitrogens with zero attached hydrogens (tertiary/aromatic N) is 1. The van der Waals surface area contributed by atoms with Gasteiger partial charge in [0.05, 0.1) is 0 Å². The van der Waals surface area contributed by atoms with Crippen molar-refractivity contribution in [3.05, 3.63) is 10.1 Å². The summed E-state index contributed by atoms with van der Waals surface area (Å²) in [6.45, 7) is -1.00. The van der Waals surface area contributed by atoms with Crippen molar-refractivity contribution in [2.24, 2.45) is 0 Å². The van der Waals surface area contributed by atoms with Gasteiger partial charge in [-0.05, 0) is 0 Å². The smallest absolute Gasteiger partial charge is 0.476 e. The molecular weight excluding hydrogens is 181 g/mol. The molecule has 0 bridgehead atoms. The Balaban J connectivity index is 0. The van der Waals surface area contributed by atoms with Crippen LogP contribution in [0.4, 0.5) is 0 Å². The standard InChI is InChI=1S/C2H3NO4.HO3P/c4-2(5)1-3(6)7;1-4(2)3/h1H2,(H,4,5);(H-,1,2,3)/p+1. The van der Waals surface area contributed by atoms with Gasteiger partial charge in [0.15, 0.2) is 0 Å². The number of carboxylic acid groups (broad SMARTS) is 1. The summed E-state index contributed by atoms with van der Waals surface area (Å²) in [6, 6.07) is 0. The van der Waals surface area contributed by atoms with Crippen LogP contribution in [0.2, 0.25) is 0 Å². The summed E-state index contributed by atoms with van der Waals surface area (Å²) in [5.41, 5.74) is 0. The summed E-state index contributed by atoms with van der Waals surface area (Å²) in [5.74, 6) is -1.41. The van der Waals surface area contributed by atoms with Crippen LogP contribution in [0.25, 0.3) is 0 Å². The zero-order chi connectivity index (χ0) is 9.44. The maximum Gasteiger partial charge on any atom is 0.692 e. The topological polar surface area (TPSA) is 138 Å². The van der Waals surface area contributed by atoms with Crippen molar-refractivity contribution >= 4 is 14.2 Å². The Kier molecular flexibility index (Phi) is 7.99. The molecule has 0 aromatic rings. The third-order valence-corrected chi connectivity index (χ3v) is 0.264. The van der Waals surface area contributed by atoms with Crippen LogP contribution in [0.3, 0.4) is 0 Å². The number of carbonyl (C=O) groups is 1. The molecule has 0 atom stereocenters. The van der Waals surface area contributed by atoms with Gasteiger partial charge in [0.1, 0.15) is 0 Å². The highest BCUT2D eigenvalue weighted by atomic mass is 31.1. The van der Waals surface area contributed by atoms with E-state index in [1.165, 1.54) is 0 Å². The van der Waals surface area contributed by atoms with E-state index in [0.717, 1.165) is 0 Å². The van der Waals surface area contributed by atoms with Gasteiger partial charge in [-0.2, -0.15) is 0 Å². The number of hydrogen-bond acceptors (Lipinski definition) is 4. The van der Waals surface area contributed by atoms with E-state index in [0.29, 0.717) is 0 Å². The fourth-order valence-corrected chi connectivity index (χ4v) is 0.110. The number of hydrogen-bond donors (Lipinski definition) is 3. The molecule has 0 aliphatic carbocycles. The summed E-state index contributed by atoms with van der Waals surface area (Å²) in [6.07, 6.45) is 0. The molecule has 0 radical (unpaired) electrons. The van der Waals surface area contributed by atoms with Crippen LogP contribution in [0, 0.1) is 10.1 Å². The Bertz CT molecular complexity index is 150. The Hall–Kier alpha value is -1.11. The number of rotatable bonds is 2. The summed E-state index contributed by atoms with van der Waals surface area (Å²) < 4.78 is 8.70. The fraction of sp³-hybridized carbons (Fsp3) is 0.500. The minimum Gasteiger partial charge on any atom is -0.476 e. The molecule has 0 rings (SSSR count). The molecule has 0 amide bonds. The van der Waals surface area contributed by atoms with E-state index in [1.54, 1.807) is 0 Å². The molecule has 0 saturated heterocycles. The SMILES string of the molecule is O=C(O)C[N+](=O)[O-].O=[P+](O)O. The predicted molar refractivity (Wildman–Crippen MR) is 31.5 cm³/mol. The highest BCUT2D eigenvalue weighted by molar-refractivity contribution is 7.30. The monoisotopic (exact) mass is 186 g/mol. The summed E-state index contributed by atoms with van der Waals surface area (Å²) in [7, 11) is -2.87. The molecule has 8 nitrogen and oxygen atoms in total. The maximum absolute atomic E-state index is 9.37. The molecule has 0 aromatic carbocycles. The zero-order valence-corrected chi connectivity index (χ0v) is 5.97. The van der Waals surface area contributed by atoms with Crippen LogP contribution in [0.1, 0.15) is 0 Å². The second kappa shape index (κ2) is 7.00. The van der Waals surface area contributed by atoms with Crippen LogP contribution in [0.15, 0.2) is 0 Å². The van der Waals surface area contributed by atoms with Crippen LogP contribution in [-0.2, 0) is 9.36 Å². The van der Waals surface area contributed by atoms with Crippen LogP contribution < -0.4 is 0 Å². The van der Waals surface area contributed by atoms with Gasteiger partial charge in [-0.3, -0.25) is 10.1 Å². The Morgan fingerprint density at radius 1 is 1.55 bits per heavy atom. The number of aliphatic carboxylic acids is 1. The van der Waals surface area contributed by atoms with Crippen molar-refractivity contribution in [2.75, 3.05) is 6.54 Å². The highest BCUT2D eigenvalue weighted by Gasteiger charge is 2.03. The minimum absolute atomic E-state index is 0.900. The average Bonchev–Trinajstić information content (AvgIpc) is 1.56. The van der Waals surface area contributed by atoms with Gasteiger partial charge < -0.3 is 5.11 Å². The van der Waals surface area contributed by atoms with Gasteiger partial charge in [-0.15, -0.1) is 9.79 Å². The molecule has 0 heterocycles. The molecule has 9 heteroatoms. The zero-order valence-electron chi connectivity index (χ0n) is 5.08. The first-order chi connectivity index (χ1) is 4.86. The van der Waals surface area contributed by atoms with Gasteiger partial charge >= 0.3 is 14.2 Å². The van der Waals surface area contributed by atoms with Gasteiger partial charge in [-0.25, -0.2) is 4.79 Å². The molecule has 0 aromatic heterocycles. The van der Waals surface area contributed by atoms with E-state index in [4.69, 9.17) is 19.5 Å². The van der Waals surface area contributed by atoms with E-state index in [-0.39, 0.29) is 0 Å². The summed E-state index contributed by atoms with van der Waals surface area (Å²) in [5, 5.41) is 16.9. The van der Waals surface area contributed by atoms with Crippen molar-refractivity contribution in [1.82, 2.24) is 0 Å². The second-order valence-corrected chi connectivity index (χ2v) is 1.64. The molecule has 3 N–H and O–H groups in total. The van der Waals surface area contributed by atoms with E-state index < -0.39 is 25.7 Å². The second-order valence-electron chi connectivity index (χ2n) is 1.14. The normalized spacial score (nSPS) is 7.45. The molecule has 64 valence electrons.